The molecule has 1 N–H and O–H groups in total. The average molecular weight is 604 g/mol. The van der Waals surface area contributed by atoms with Gasteiger partial charge in [-0.3, -0.25) is 4.79 Å². The Labute approximate surface area is 232 Å². The molecule has 0 unspecified atom stereocenters. The van der Waals surface area contributed by atoms with Crippen LogP contribution >= 0.6 is 15.9 Å². The molecule has 2 fully saturated rings. The van der Waals surface area contributed by atoms with E-state index in [-0.39, 0.29) is 11.9 Å². The number of likely N-dealkylation sites (tertiary alicyclic amines) is 1. The second-order valence-corrected chi connectivity index (χ2v) is 13.6. The number of nitrogens with zero attached hydrogens (tertiary/aromatic N) is 5. The molecule has 1 amide bonds. The number of rotatable bonds is 6. The van der Waals surface area contributed by atoms with Crippen LogP contribution in [0.1, 0.15) is 62.4 Å². The molecular formula is C27H35BrN6O3S. The van der Waals surface area contributed by atoms with Gasteiger partial charge in [-0.05, 0) is 57.1 Å². The summed E-state index contributed by atoms with van der Waals surface area (Å²) in [6.45, 7) is 8.48. The number of nitrogens with one attached hydrogen (secondary N) is 1. The van der Waals surface area contributed by atoms with Crippen LogP contribution in [0.2, 0.25) is 0 Å². The van der Waals surface area contributed by atoms with Crippen LogP contribution in [0.25, 0.3) is 5.65 Å². The molecule has 4 heterocycles. The first kappa shape index (κ1) is 27.1. The van der Waals surface area contributed by atoms with Gasteiger partial charge in [0.1, 0.15) is 11.4 Å². The van der Waals surface area contributed by atoms with E-state index in [9.17, 15) is 13.2 Å². The molecule has 11 heteroatoms. The summed E-state index contributed by atoms with van der Waals surface area (Å²) in [6, 6.07) is 8.92. The van der Waals surface area contributed by atoms with E-state index in [4.69, 9.17) is 10.1 Å². The van der Waals surface area contributed by atoms with E-state index in [1.807, 2.05) is 24.4 Å². The van der Waals surface area contributed by atoms with Crippen molar-refractivity contribution >= 4 is 43.3 Å². The van der Waals surface area contributed by atoms with E-state index in [1.165, 1.54) is 0 Å². The topological polar surface area (TPSA) is 99.9 Å². The number of carbonyl (C=O) groups is 1. The lowest BCUT2D eigenvalue weighted by molar-refractivity contribution is -0.141. The summed E-state index contributed by atoms with van der Waals surface area (Å²) in [5.74, 6) is 1.34. The number of carbonyl (C=O) groups excluding carboxylic acids is 1. The Morgan fingerprint density at radius 2 is 1.95 bits per heavy atom. The Bertz CT molecular complexity index is 1470. The van der Waals surface area contributed by atoms with Crippen molar-refractivity contribution < 1.29 is 13.2 Å². The minimum atomic E-state index is -3.71. The first-order chi connectivity index (χ1) is 18.0. The van der Waals surface area contributed by atoms with Gasteiger partial charge in [0.25, 0.3) is 0 Å². The van der Waals surface area contributed by atoms with Gasteiger partial charge in [-0.2, -0.15) is 9.82 Å². The first-order valence-corrected chi connectivity index (χ1v) is 15.8. The van der Waals surface area contributed by atoms with Crippen molar-refractivity contribution in [1.29, 1.82) is 0 Å². The predicted molar refractivity (Wildman–Crippen MR) is 151 cm³/mol. The minimum absolute atomic E-state index is 0.281. The Hall–Kier alpha value is -2.50. The third-order valence-electron chi connectivity index (χ3n) is 7.68. The maximum Gasteiger partial charge on any atom is 0.248 e. The number of sulfonamides is 1. The number of aromatic nitrogens is 3. The van der Waals surface area contributed by atoms with Gasteiger partial charge in [0.2, 0.25) is 15.9 Å². The Balaban J connectivity index is 1.52. The quantitative estimate of drug-likeness (QED) is 0.454. The second kappa shape index (κ2) is 10.2. The zero-order valence-electron chi connectivity index (χ0n) is 22.3. The SMILES string of the molecule is Cc1cn2nc([C@@H]3CCCCN3C(=O)[C@@](C)(NS(C)(=O)=O)c3ccccc3Br)cc2nc1N1CC[C@H](C)C1. The summed E-state index contributed by atoms with van der Waals surface area (Å²) in [6.07, 6.45) is 6.79. The van der Waals surface area contributed by atoms with E-state index < -0.39 is 15.6 Å². The van der Waals surface area contributed by atoms with Crippen LogP contribution in [0.5, 0.6) is 0 Å². The molecule has 2 saturated heterocycles. The van der Waals surface area contributed by atoms with E-state index >= 15 is 0 Å². The Morgan fingerprint density at radius 3 is 2.63 bits per heavy atom. The van der Waals surface area contributed by atoms with Crippen LogP contribution in [0.15, 0.2) is 41.0 Å². The lowest BCUT2D eigenvalue weighted by Gasteiger charge is -2.41. The van der Waals surface area contributed by atoms with Crippen LogP contribution in [-0.2, 0) is 20.4 Å². The van der Waals surface area contributed by atoms with Crippen molar-refractivity contribution in [1.82, 2.24) is 24.2 Å². The number of benzene rings is 1. The van der Waals surface area contributed by atoms with Crippen molar-refractivity contribution in [3.63, 3.8) is 0 Å². The van der Waals surface area contributed by atoms with Gasteiger partial charge >= 0.3 is 0 Å². The van der Waals surface area contributed by atoms with Gasteiger partial charge < -0.3 is 9.80 Å². The average Bonchev–Trinajstić information content (AvgIpc) is 3.47. The molecule has 0 aliphatic carbocycles. The highest BCUT2D eigenvalue weighted by molar-refractivity contribution is 9.10. The summed E-state index contributed by atoms with van der Waals surface area (Å²) in [7, 11) is -3.71. The number of halogens is 1. The van der Waals surface area contributed by atoms with Crippen molar-refractivity contribution in [2.45, 2.75) is 58.0 Å². The van der Waals surface area contributed by atoms with Crippen molar-refractivity contribution in [2.24, 2.45) is 5.92 Å². The van der Waals surface area contributed by atoms with Crippen molar-refractivity contribution in [2.75, 3.05) is 30.8 Å². The number of fused-ring (bicyclic) bond motifs is 1. The van der Waals surface area contributed by atoms with Crippen molar-refractivity contribution in [3.05, 3.63) is 57.8 Å². The molecule has 2 aliphatic rings. The molecule has 0 radical (unpaired) electrons. The zero-order chi connectivity index (χ0) is 27.2. The van der Waals surface area contributed by atoms with E-state index in [2.05, 4.69) is 39.4 Å². The lowest BCUT2D eigenvalue weighted by Crippen LogP contribution is -2.57. The van der Waals surface area contributed by atoms with Gasteiger partial charge in [0.05, 0.1) is 18.0 Å². The van der Waals surface area contributed by atoms with E-state index in [0.717, 1.165) is 67.8 Å². The van der Waals surface area contributed by atoms with E-state index in [1.54, 1.807) is 28.5 Å². The predicted octanol–water partition coefficient (Wildman–Crippen LogP) is 4.16. The smallest absolute Gasteiger partial charge is 0.248 e. The molecule has 1 aromatic carbocycles. The number of anilines is 1. The molecule has 2 aliphatic heterocycles. The van der Waals surface area contributed by atoms with Crippen LogP contribution in [0.4, 0.5) is 5.82 Å². The lowest BCUT2D eigenvalue weighted by atomic mass is 9.89. The number of hydrogen-bond acceptors (Lipinski definition) is 6. The fraction of sp³-hybridized carbons (Fsp3) is 0.519. The Kier molecular flexibility index (Phi) is 7.30. The summed E-state index contributed by atoms with van der Waals surface area (Å²) < 4.78 is 30.0. The highest BCUT2D eigenvalue weighted by atomic mass is 79.9. The first-order valence-electron chi connectivity index (χ1n) is 13.1. The fourth-order valence-electron chi connectivity index (χ4n) is 5.85. The van der Waals surface area contributed by atoms with Gasteiger partial charge in [0, 0.05) is 41.9 Å². The molecule has 0 spiro atoms. The van der Waals surface area contributed by atoms with Gasteiger partial charge in [0.15, 0.2) is 5.65 Å². The largest absolute Gasteiger partial charge is 0.356 e. The standard InChI is InChI=1S/C27H35BrN6O3S/c1-18-12-14-32(16-18)25-19(2)17-34-24(29-25)15-22(30-34)23-11-7-8-13-33(23)26(35)27(3,31-38(4,36)37)20-9-5-6-10-21(20)28/h5-6,9-10,15,17-18,23,31H,7-8,11-14,16H2,1-4H3/t18-,23-,27-/m0/s1. The summed E-state index contributed by atoms with van der Waals surface area (Å²) in [5.41, 5.74) is 1.66. The van der Waals surface area contributed by atoms with Gasteiger partial charge in [-0.15, -0.1) is 0 Å². The molecule has 5 rings (SSSR count). The molecule has 204 valence electrons. The molecule has 9 nitrogen and oxygen atoms in total. The summed E-state index contributed by atoms with van der Waals surface area (Å²) in [4.78, 5) is 23.4. The third-order valence-corrected chi connectivity index (χ3v) is 9.15. The van der Waals surface area contributed by atoms with Gasteiger partial charge in [-0.1, -0.05) is 41.1 Å². The molecule has 38 heavy (non-hydrogen) atoms. The van der Waals surface area contributed by atoms with Gasteiger partial charge in [-0.25, -0.2) is 17.9 Å². The normalized spacial score (nSPS) is 22.1. The van der Waals surface area contributed by atoms with Crippen LogP contribution in [-0.4, -0.2) is 59.7 Å². The fourth-order valence-corrected chi connectivity index (χ4v) is 7.47. The number of piperidine rings is 1. The van der Waals surface area contributed by atoms with Crippen LogP contribution in [0, 0.1) is 12.8 Å². The molecule has 3 atom stereocenters. The highest BCUT2D eigenvalue weighted by Crippen LogP contribution is 2.37. The summed E-state index contributed by atoms with van der Waals surface area (Å²) in [5, 5.41) is 4.85. The number of aryl methyl sites for hydroxylation is 1. The second-order valence-electron chi connectivity index (χ2n) is 10.9. The monoisotopic (exact) mass is 602 g/mol. The highest BCUT2D eigenvalue weighted by Gasteiger charge is 2.45. The molecule has 3 aromatic rings. The van der Waals surface area contributed by atoms with E-state index in [0.29, 0.717) is 22.5 Å². The molecular weight excluding hydrogens is 568 g/mol. The van der Waals surface area contributed by atoms with Crippen LogP contribution in [0.3, 0.4) is 0 Å². The maximum atomic E-state index is 14.3. The zero-order valence-corrected chi connectivity index (χ0v) is 24.7. The number of amides is 1. The number of hydrogen-bond donors (Lipinski definition) is 1. The Morgan fingerprint density at radius 1 is 1.18 bits per heavy atom. The minimum Gasteiger partial charge on any atom is -0.356 e. The third kappa shape index (κ3) is 5.20. The summed E-state index contributed by atoms with van der Waals surface area (Å²) >= 11 is 3.53. The molecule has 0 saturated carbocycles. The maximum absolute atomic E-state index is 14.3. The molecule has 2 aromatic heterocycles. The molecule has 0 bridgehead atoms. The van der Waals surface area contributed by atoms with Crippen LogP contribution < -0.4 is 9.62 Å². The van der Waals surface area contributed by atoms with Crippen molar-refractivity contribution in [3.8, 4) is 0 Å².